The summed E-state index contributed by atoms with van der Waals surface area (Å²) in [5.74, 6) is 0.372. The fraction of sp³-hybridized carbons (Fsp3) is 0.375. The zero-order valence-electron chi connectivity index (χ0n) is 6.26. The molecule has 2 nitrogen and oxygen atoms in total. The average Bonchev–Trinajstić information content (AvgIpc) is 2.36. The minimum atomic E-state index is 0.0133. The van der Waals surface area contributed by atoms with E-state index in [4.69, 9.17) is 16.0 Å². The Balaban J connectivity index is 2.69. The number of halogens is 1. The predicted octanol–water partition coefficient (Wildman–Crippen LogP) is 2.92. The van der Waals surface area contributed by atoms with Gasteiger partial charge in [-0.15, -0.1) is 0 Å². The van der Waals surface area contributed by atoms with Gasteiger partial charge in [-0.1, -0.05) is 6.92 Å². The van der Waals surface area contributed by atoms with E-state index in [1.54, 1.807) is 12.1 Å². The molecular weight excluding hydrogens is 164 g/mol. The van der Waals surface area contributed by atoms with E-state index in [0.717, 1.165) is 6.42 Å². The van der Waals surface area contributed by atoms with Crippen LogP contribution in [0, 0.1) is 0 Å². The maximum Gasteiger partial charge on any atom is 0.198 e. The Morgan fingerprint density at radius 1 is 1.64 bits per heavy atom. The molecule has 0 aromatic carbocycles. The van der Waals surface area contributed by atoms with Gasteiger partial charge in [0.05, 0.1) is 0 Å². The molecule has 0 spiro atoms. The third kappa shape index (κ3) is 2.09. The average molecular weight is 173 g/mol. The molecule has 3 heteroatoms. The highest BCUT2D eigenvalue weighted by atomic mass is 35.5. The van der Waals surface area contributed by atoms with Crippen molar-refractivity contribution < 1.29 is 9.21 Å². The number of ketones is 1. The summed E-state index contributed by atoms with van der Waals surface area (Å²) in [5, 5.41) is 0.268. The number of carbonyl (C=O) groups is 1. The fourth-order valence-corrected chi connectivity index (χ4v) is 0.961. The van der Waals surface area contributed by atoms with Crippen LogP contribution in [-0.2, 0) is 0 Å². The van der Waals surface area contributed by atoms with Crippen LogP contribution >= 0.6 is 11.6 Å². The second-order valence-electron chi connectivity index (χ2n) is 2.28. The molecule has 0 radical (unpaired) electrons. The molecular formula is C8H9ClO2. The Bertz CT molecular complexity index is 252. The van der Waals surface area contributed by atoms with Crippen molar-refractivity contribution in [3.05, 3.63) is 23.1 Å². The zero-order valence-corrected chi connectivity index (χ0v) is 7.02. The monoisotopic (exact) mass is 172 g/mol. The van der Waals surface area contributed by atoms with Crippen molar-refractivity contribution in [2.75, 3.05) is 0 Å². The molecule has 0 aliphatic carbocycles. The molecule has 1 rings (SSSR count). The van der Waals surface area contributed by atoms with Gasteiger partial charge in [0.25, 0.3) is 0 Å². The van der Waals surface area contributed by atoms with Crippen LogP contribution in [0.5, 0.6) is 0 Å². The number of hydrogen-bond donors (Lipinski definition) is 0. The Kier molecular flexibility index (Phi) is 2.71. The lowest BCUT2D eigenvalue weighted by atomic mass is 10.2. The molecule has 60 valence electrons. The summed E-state index contributed by atoms with van der Waals surface area (Å²) >= 11 is 5.49. The van der Waals surface area contributed by atoms with Gasteiger partial charge in [0.1, 0.15) is 0 Å². The zero-order chi connectivity index (χ0) is 8.27. The molecule has 0 fully saturated rings. The Labute approximate surface area is 70.2 Å². The van der Waals surface area contributed by atoms with Gasteiger partial charge in [0, 0.05) is 6.42 Å². The van der Waals surface area contributed by atoms with Gasteiger partial charge in [0.15, 0.2) is 16.8 Å². The van der Waals surface area contributed by atoms with Crippen LogP contribution in [0.25, 0.3) is 0 Å². The van der Waals surface area contributed by atoms with Gasteiger partial charge in [-0.25, -0.2) is 0 Å². The third-order valence-corrected chi connectivity index (χ3v) is 1.53. The normalized spacial score (nSPS) is 10.0. The standard InChI is InChI=1S/C8H9ClO2/c1-2-3-6(10)7-4-5-8(9)11-7/h4-5H,2-3H2,1H3. The predicted molar refractivity (Wildman–Crippen MR) is 43.0 cm³/mol. The van der Waals surface area contributed by atoms with E-state index in [0.29, 0.717) is 12.2 Å². The molecule has 0 aliphatic rings. The second-order valence-corrected chi connectivity index (χ2v) is 2.65. The molecule has 0 saturated carbocycles. The first-order valence-corrected chi connectivity index (χ1v) is 3.90. The number of Topliss-reactive ketones (excluding diaryl/α,β-unsaturated/α-hetero) is 1. The van der Waals surface area contributed by atoms with Crippen LogP contribution in [0.15, 0.2) is 16.5 Å². The van der Waals surface area contributed by atoms with E-state index in [1.165, 1.54) is 0 Å². The van der Waals surface area contributed by atoms with Gasteiger partial charge < -0.3 is 4.42 Å². The summed E-state index contributed by atoms with van der Waals surface area (Å²) in [6.07, 6.45) is 1.35. The number of hydrogen-bond acceptors (Lipinski definition) is 2. The first kappa shape index (κ1) is 8.34. The lowest BCUT2D eigenvalue weighted by Gasteiger charge is -1.90. The van der Waals surface area contributed by atoms with Crippen molar-refractivity contribution in [1.29, 1.82) is 0 Å². The minimum Gasteiger partial charge on any atom is -0.442 e. The molecule has 0 atom stereocenters. The molecule has 11 heavy (non-hydrogen) atoms. The number of rotatable bonds is 3. The molecule has 0 unspecified atom stereocenters. The minimum absolute atomic E-state index is 0.0133. The van der Waals surface area contributed by atoms with Gasteiger partial charge in [0.2, 0.25) is 0 Å². The van der Waals surface area contributed by atoms with Crippen molar-refractivity contribution in [2.45, 2.75) is 19.8 Å². The van der Waals surface area contributed by atoms with Gasteiger partial charge in [-0.3, -0.25) is 4.79 Å². The van der Waals surface area contributed by atoms with Gasteiger partial charge in [-0.05, 0) is 30.2 Å². The number of carbonyl (C=O) groups excluding carboxylic acids is 1. The number of furan rings is 1. The van der Waals surface area contributed by atoms with Crippen molar-refractivity contribution >= 4 is 17.4 Å². The molecule has 0 amide bonds. The lowest BCUT2D eigenvalue weighted by molar-refractivity contribution is 0.0955. The largest absolute Gasteiger partial charge is 0.442 e. The SMILES string of the molecule is CCCC(=O)c1ccc(Cl)o1. The molecule has 1 heterocycles. The molecule has 1 aromatic heterocycles. The summed E-state index contributed by atoms with van der Waals surface area (Å²) in [6.45, 7) is 1.95. The Morgan fingerprint density at radius 2 is 2.36 bits per heavy atom. The summed E-state index contributed by atoms with van der Waals surface area (Å²) in [5.41, 5.74) is 0. The van der Waals surface area contributed by atoms with Crippen LogP contribution in [0.4, 0.5) is 0 Å². The highest BCUT2D eigenvalue weighted by molar-refractivity contribution is 6.29. The van der Waals surface area contributed by atoms with E-state index in [9.17, 15) is 4.79 Å². The maximum absolute atomic E-state index is 11.1. The van der Waals surface area contributed by atoms with E-state index >= 15 is 0 Å². The quantitative estimate of drug-likeness (QED) is 0.657. The van der Waals surface area contributed by atoms with Crippen molar-refractivity contribution in [3.63, 3.8) is 0 Å². The van der Waals surface area contributed by atoms with Crippen LogP contribution in [0.3, 0.4) is 0 Å². The van der Waals surface area contributed by atoms with Crippen LogP contribution in [-0.4, -0.2) is 5.78 Å². The van der Waals surface area contributed by atoms with Crippen molar-refractivity contribution in [2.24, 2.45) is 0 Å². The fourth-order valence-electron chi connectivity index (χ4n) is 0.814. The van der Waals surface area contributed by atoms with E-state index in [2.05, 4.69) is 0 Å². The smallest absolute Gasteiger partial charge is 0.198 e. The first-order chi connectivity index (χ1) is 5.24. The molecule has 1 aromatic rings. The lowest BCUT2D eigenvalue weighted by Crippen LogP contribution is -1.94. The highest BCUT2D eigenvalue weighted by Crippen LogP contribution is 2.14. The van der Waals surface area contributed by atoms with Crippen molar-refractivity contribution in [3.8, 4) is 0 Å². The summed E-state index contributed by atoms with van der Waals surface area (Å²) in [4.78, 5) is 11.1. The third-order valence-electron chi connectivity index (χ3n) is 1.33. The van der Waals surface area contributed by atoms with Gasteiger partial charge >= 0.3 is 0 Å². The highest BCUT2D eigenvalue weighted by Gasteiger charge is 2.08. The van der Waals surface area contributed by atoms with E-state index in [1.807, 2.05) is 6.92 Å². The van der Waals surface area contributed by atoms with Crippen molar-refractivity contribution in [1.82, 2.24) is 0 Å². The van der Waals surface area contributed by atoms with Crippen LogP contribution in [0.1, 0.15) is 30.3 Å². The summed E-state index contributed by atoms with van der Waals surface area (Å²) in [7, 11) is 0. The molecule has 0 aliphatic heterocycles. The topological polar surface area (TPSA) is 30.2 Å². The summed E-state index contributed by atoms with van der Waals surface area (Å²) in [6, 6.07) is 3.17. The molecule has 0 saturated heterocycles. The maximum atomic E-state index is 11.1. The van der Waals surface area contributed by atoms with E-state index < -0.39 is 0 Å². The second kappa shape index (κ2) is 3.58. The Morgan fingerprint density at radius 3 is 2.82 bits per heavy atom. The van der Waals surface area contributed by atoms with Crippen LogP contribution < -0.4 is 0 Å². The Hall–Kier alpha value is -0.760. The van der Waals surface area contributed by atoms with E-state index in [-0.39, 0.29) is 11.0 Å². The summed E-state index contributed by atoms with van der Waals surface area (Å²) < 4.78 is 4.91. The molecule has 0 N–H and O–H groups in total. The first-order valence-electron chi connectivity index (χ1n) is 3.52. The molecule has 0 bridgehead atoms. The van der Waals surface area contributed by atoms with Gasteiger partial charge in [-0.2, -0.15) is 0 Å². The van der Waals surface area contributed by atoms with Crippen LogP contribution in [0.2, 0.25) is 5.22 Å².